The van der Waals surface area contributed by atoms with Crippen molar-refractivity contribution in [2.75, 3.05) is 45.9 Å². The zero-order chi connectivity index (χ0) is 15.2. The number of nitrogens with one attached hydrogen (secondary N) is 3. The Morgan fingerprint density at radius 2 is 1.65 bits per heavy atom. The van der Waals surface area contributed by atoms with Crippen LogP contribution in [0, 0.1) is 0 Å². The SMILES string of the molecule is C=CC(=O)NCCNCCN(CCNCN)C(=O)C=C. The third kappa shape index (κ3) is 9.26. The van der Waals surface area contributed by atoms with Gasteiger partial charge in [0.25, 0.3) is 0 Å². The summed E-state index contributed by atoms with van der Waals surface area (Å²) < 4.78 is 0. The van der Waals surface area contributed by atoms with Crippen LogP contribution in [-0.4, -0.2) is 62.7 Å². The summed E-state index contributed by atoms with van der Waals surface area (Å²) in [6.45, 7) is 10.8. The fourth-order valence-electron chi connectivity index (χ4n) is 1.46. The number of nitrogens with two attached hydrogens (primary N) is 1. The van der Waals surface area contributed by atoms with Crippen LogP contribution >= 0.6 is 0 Å². The summed E-state index contributed by atoms with van der Waals surface area (Å²) in [4.78, 5) is 24.2. The number of hydrogen-bond acceptors (Lipinski definition) is 5. The summed E-state index contributed by atoms with van der Waals surface area (Å²) in [5.74, 6) is -0.297. The van der Waals surface area contributed by atoms with Crippen molar-refractivity contribution in [1.82, 2.24) is 20.9 Å². The second-order valence-electron chi connectivity index (χ2n) is 3.98. The molecule has 0 rings (SSSR count). The smallest absolute Gasteiger partial charge is 0.246 e. The molecule has 0 saturated heterocycles. The van der Waals surface area contributed by atoms with Gasteiger partial charge in [-0.1, -0.05) is 13.2 Å². The van der Waals surface area contributed by atoms with Gasteiger partial charge in [-0.3, -0.25) is 9.59 Å². The third-order valence-corrected chi connectivity index (χ3v) is 2.53. The molecule has 0 radical (unpaired) electrons. The number of carbonyl (C=O) groups excluding carboxylic acids is 2. The maximum absolute atomic E-state index is 11.6. The van der Waals surface area contributed by atoms with E-state index in [1.165, 1.54) is 12.2 Å². The number of carbonyl (C=O) groups is 2. The number of amides is 2. The summed E-state index contributed by atoms with van der Waals surface area (Å²) in [6.07, 6.45) is 2.53. The van der Waals surface area contributed by atoms with Crippen LogP contribution in [0.4, 0.5) is 0 Å². The molecule has 2 amide bonds. The first kappa shape index (κ1) is 18.3. The highest BCUT2D eigenvalue weighted by Crippen LogP contribution is 1.89. The van der Waals surface area contributed by atoms with Crippen LogP contribution in [0.2, 0.25) is 0 Å². The highest BCUT2D eigenvalue weighted by Gasteiger charge is 2.08. The topological polar surface area (TPSA) is 99.5 Å². The Labute approximate surface area is 120 Å². The van der Waals surface area contributed by atoms with Gasteiger partial charge in [0, 0.05) is 45.9 Å². The standard InChI is InChI=1S/C13H25N5O2/c1-3-12(19)17-6-5-15-7-9-18(13(20)4-2)10-8-16-11-14/h3-4,15-16H,1-2,5-11,14H2,(H,17,19). The van der Waals surface area contributed by atoms with Crippen molar-refractivity contribution in [3.05, 3.63) is 25.3 Å². The molecule has 0 atom stereocenters. The average molecular weight is 283 g/mol. The highest BCUT2D eigenvalue weighted by molar-refractivity contribution is 5.87. The van der Waals surface area contributed by atoms with Crippen LogP contribution in [0.3, 0.4) is 0 Å². The quantitative estimate of drug-likeness (QED) is 0.196. The average Bonchev–Trinajstić information content (AvgIpc) is 2.47. The van der Waals surface area contributed by atoms with Crippen molar-refractivity contribution in [3.8, 4) is 0 Å². The summed E-state index contributed by atoms with van der Waals surface area (Å²) in [5, 5.41) is 8.76. The van der Waals surface area contributed by atoms with Crippen LogP contribution in [-0.2, 0) is 9.59 Å². The molecule has 0 fully saturated rings. The first-order valence-corrected chi connectivity index (χ1v) is 6.58. The lowest BCUT2D eigenvalue weighted by atomic mass is 10.4. The molecule has 0 aliphatic carbocycles. The molecule has 5 N–H and O–H groups in total. The second kappa shape index (κ2) is 12.3. The van der Waals surface area contributed by atoms with E-state index in [0.29, 0.717) is 45.9 Å². The molecule has 0 aromatic heterocycles. The van der Waals surface area contributed by atoms with Gasteiger partial charge in [-0.2, -0.15) is 0 Å². The maximum atomic E-state index is 11.6. The van der Waals surface area contributed by atoms with E-state index in [2.05, 4.69) is 29.1 Å². The fraction of sp³-hybridized carbons (Fsp3) is 0.538. The molecule has 0 aromatic rings. The van der Waals surface area contributed by atoms with Gasteiger partial charge >= 0.3 is 0 Å². The molecule has 0 aromatic carbocycles. The maximum Gasteiger partial charge on any atom is 0.246 e. The van der Waals surface area contributed by atoms with E-state index in [1.54, 1.807) is 4.90 Å². The minimum Gasteiger partial charge on any atom is -0.351 e. The molecule has 0 unspecified atom stereocenters. The lowest BCUT2D eigenvalue weighted by molar-refractivity contribution is -0.126. The van der Waals surface area contributed by atoms with Gasteiger partial charge in [0.05, 0.1) is 0 Å². The molecule has 0 heterocycles. The van der Waals surface area contributed by atoms with Gasteiger partial charge in [-0.05, 0) is 12.2 Å². The minimum atomic E-state index is -0.192. The molecule has 7 nitrogen and oxygen atoms in total. The predicted octanol–water partition coefficient (Wildman–Crippen LogP) is -1.60. The lowest BCUT2D eigenvalue weighted by Crippen LogP contribution is -2.41. The largest absolute Gasteiger partial charge is 0.351 e. The van der Waals surface area contributed by atoms with E-state index in [4.69, 9.17) is 5.73 Å². The van der Waals surface area contributed by atoms with Gasteiger partial charge in [-0.15, -0.1) is 0 Å². The third-order valence-electron chi connectivity index (χ3n) is 2.53. The zero-order valence-corrected chi connectivity index (χ0v) is 11.9. The van der Waals surface area contributed by atoms with E-state index in [0.717, 1.165) is 0 Å². The van der Waals surface area contributed by atoms with Crippen molar-refractivity contribution >= 4 is 11.8 Å². The molecule has 20 heavy (non-hydrogen) atoms. The summed E-state index contributed by atoms with van der Waals surface area (Å²) >= 11 is 0. The number of rotatable bonds is 12. The Kier molecular flexibility index (Phi) is 11.3. The van der Waals surface area contributed by atoms with Crippen LogP contribution in [0.1, 0.15) is 0 Å². The monoisotopic (exact) mass is 283 g/mol. The van der Waals surface area contributed by atoms with Crippen LogP contribution in [0.5, 0.6) is 0 Å². The molecule has 0 aliphatic heterocycles. The van der Waals surface area contributed by atoms with Crippen LogP contribution in [0.15, 0.2) is 25.3 Å². The number of nitrogens with zero attached hydrogens (tertiary/aromatic N) is 1. The molecule has 0 spiro atoms. The molecule has 114 valence electrons. The van der Waals surface area contributed by atoms with E-state index in [9.17, 15) is 9.59 Å². The van der Waals surface area contributed by atoms with Crippen molar-refractivity contribution in [2.24, 2.45) is 5.73 Å². The molecule has 7 heteroatoms. The normalized spacial score (nSPS) is 9.85. The van der Waals surface area contributed by atoms with E-state index in [1.807, 2.05) is 0 Å². The Morgan fingerprint density at radius 3 is 2.20 bits per heavy atom. The van der Waals surface area contributed by atoms with E-state index in [-0.39, 0.29) is 11.8 Å². The van der Waals surface area contributed by atoms with Gasteiger partial charge in [-0.25, -0.2) is 0 Å². The van der Waals surface area contributed by atoms with Gasteiger partial charge in [0.15, 0.2) is 0 Å². The minimum absolute atomic E-state index is 0.106. The lowest BCUT2D eigenvalue weighted by Gasteiger charge is -2.21. The first-order valence-electron chi connectivity index (χ1n) is 6.58. The van der Waals surface area contributed by atoms with Crippen LogP contribution < -0.4 is 21.7 Å². The van der Waals surface area contributed by atoms with E-state index >= 15 is 0 Å². The second-order valence-corrected chi connectivity index (χ2v) is 3.98. The number of hydrogen-bond donors (Lipinski definition) is 4. The van der Waals surface area contributed by atoms with Crippen molar-refractivity contribution in [3.63, 3.8) is 0 Å². The van der Waals surface area contributed by atoms with Gasteiger partial charge < -0.3 is 26.6 Å². The van der Waals surface area contributed by atoms with Crippen molar-refractivity contribution in [1.29, 1.82) is 0 Å². The van der Waals surface area contributed by atoms with Gasteiger partial charge in [0.2, 0.25) is 11.8 Å². The highest BCUT2D eigenvalue weighted by atomic mass is 16.2. The Bertz CT molecular complexity index is 320. The Morgan fingerprint density at radius 1 is 1.00 bits per heavy atom. The molecule has 0 bridgehead atoms. The molecular formula is C13H25N5O2. The molecule has 0 saturated carbocycles. The van der Waals surface area contributed by atoms with E-state index < -0.39 is 0 Å². The fourth-order valence-corrected chi connectivity index (χ4v) is 1.46. The summed E-state index contributed by atoms with van der Waals surface area (Å²) in [7, 11) is 0. The van der Waals surface area contributed by atoms with Crippen molar-refractivity contribution in [2.45, 2.75) is 0 Å². The Balaban J connectivity index is 3.78. The molecule has 0 aliphatic rings. The summed E-state index contributed by atoms with van der Waals surface area (Å²) in [5.41, 5.74) is 5.33. The zero-order valence-electron chi connectivity index (χ0n) is 11.9. The molecular weight excluding hydrogens is 258 g/mol. The summed E-state index contributed by atoms with van der Waals surface area (Å²) in [6, 6.07) is 0. The van der Waals surface area contributed by atoms with Gasteiger partial charge in [0.1, 0.15) is 0 Å². The van der Waals surface area contributed by atoms with Crippen LogP contribution in [0.25, 0.3) is 0 Å². The predicted molar refractivity (Wildman–Crippen MR) is 79.9 cm³/mol. The van der Waals surface area contributed by atoms with Crippen molar-refractivity contribution < 1.29 is 9.59 Å². The Hall–Kier alpha value is -1.70. The first-order chi connectivity index (χ1) is 9.65.